The van der Waals surface area contributed by atoms with E-state index < -0.39 is 11.3 Å². The largest absolute Gasteiger partial charge is 0.294 e. The summed E-state index contributed by atoms with van der Waals surface area (Å²) in [6, 6.07) is 24.7. The SMILES string of the molecule is O=c1c2ccccc2c(-c2cccc(CNS(=O)O)c2)nn1Cc1ccccc1. The molecule has 7 heteroatoms. The lowest BCUT2D eigenvalue weighted by Gasteiger charge is -2.12. The first-order chi connectivity index (χ1) is 14.1. The summed E-state index contributed by atoms with van der Waals surface area (Å²) in [5.74, 6) is 0. The maximum Gasteiger partial charge on any atom is 0.274 e. The van der Waals surface area contributed by atoms with Crippen molar-refractivity contribution in [3.05, 3.63) is 100 Å². The van der Waals surface area contributed by atoms with E-state index in [0.29, 0.717) is 17.6 Å². The third-order valence-electron chi connectivity index (χ3n) is 4.64. The van der Waals surface area contributed by atoms with Crippen LogP contribution in [0.15, 0.2) is 83.7 Å². The second-order valence-electron chi connectivity index (χ2n) is 6.61. The Kier molecular flexibility index (Phi) is 5.62. The van der Waals surface area contributed by atoms with E-state index in [1.807, 2.05) is 78.9 Å². The van der Waals surface area contributed by atoms with Crippen LogP contribution in [-0.2, 0) is 24.4 Å². The summed E-state index contributed by atoms with van der Waals surface area (Å²) in [4.78, 5) is 13.0. The van der Waals surface area contributed by atoms with E-state index in [2.05, 4.69) is 9.82 Å². The van der Waals surface area contributed by atoms with Gasteiger partial charge in [-0.15, -0.1) is 0 Å². The van der Waals surface area contributed by atoms with Gasteiger partial charge in [0.15, 0.2) is 0 Å². The van der Waals surface area contributed by atoms with Gasteiger partial charge >= 0.3 is 0 Å². The second kappa shape index (κ2) is 8.48. The Morgan fingerprint density at radius 3 is 2.34 bits per heavy atom. The fourth-order valence-corrected chi connectivity index (χ4v) is 3.58. The molecule has 0 radical (unpaired) electrons. The Hall–Kier alpha value is -3.13. The second-order valence-corrected chi connectivity index (χ2v) is 7.40. The number of fused-ring (bicyclic) bond motifs is 1. The minimum absolute atomic E-state index is 0.137. The number of benzene rings is 3. The van der Waals surface area contributed by atoms with Gasteiger partial charge in [0.05, 0.1) is 17.6 Å². The lowest BCUT2D eigenvalue weighted by atomic mass is 10.0. The first-order valence-corrected chi connectivity index (χ1v) is 10.2. The minimum atomic E-state index is -2.08. The van der Waals surface area contributed by atoms with E-state index in [9.17, 15) is 9.00 Å². The lowest BCUT2D eigenvalue weighted by molar-refractivity contribution is 0.548. The fraction of sp³-hybridized carbons (Fsp3) is 0.0909. The molecule has 1 unspecified atom stereocenters. The van der Waals surface area contributed by atoms with E-state index >= 15 is 0 Å². The number of hydrogen-bond acceptors (Lipinski definition) is 3. The van der Waals surface area contributed by atoms with E-state index in [-0.39, 0.29) is 12.1 Å². The average Bonchev–Trinajstić information content (AvgIpc) is 2.75. The summed E-state index contributed by atoms with van der Waals surface area (Å²) in [5, 5.41) is 6.06. The molecule has 0 saturated heterocycles. The van der Waals surface area contributed by atoms with Gasteiger partial charge < -0.3 is 0 Å². The van der Waals surface area contributed by atoms with Crippen molar-refractivity contribution in [1.29, 1.82) is 0 Å². The standard InChI is InChI=1S/C22H19N3O3S/c26-22-20-12-5-4-11-19(20)21(24-25(22)15-16-7-2-1-3-8-16)18-10-6-9-17(13-18)14-23-29(27)28/h1-13,23H,14-15H2,(H,27,28). The minimum Gasteiger partial charge on any atom is -0.294 e. The van der Waals surface area contributed by atoms with Crippen LogP contribution in [-0.4, -0.2) is 18.5 Å². The quantitative estimate of drug-likeness (QED) is 0.482. The number of nitrogens with one attached hydrogen (secondary N) is 1. The number of aromatic nitrogens is 2. The summed E-state index contributed by atoms with van der Waals surface area (Å²) in [5.41, 5.74) is 3.24. The van der Waals surface area contributed by atoms with Crippen LogP contribution in [0.4, 0.5) is 0 Å². The average molecular weight is 405 g/mol. The van der Waals surface area contributed by atoms with Crippen molar-refractivity contribution < 1.29 is 8.76 Å². The van der Waals surface area contributed by atoms with Crippen LogP contribution in [0.25, 0.3) is 22.0 Å². The number of hydrogen-bond donors (Lipinski definition) is 2. The zero-order valence-corrected chi connectivity index (χ0v) is 16.3. The van der Waals surface area contributed by atoms with Crippen molar-refractivity contribution in [2.45, 2.75) is 13.1 Å². The molecule has 29 heavy (non-hydrogen) atoms. The molecule has 1 atom stereocenters. The zero-order chi connectivity index (χ0) is 20.2. The topological polar surface area (TPSA) is 84.2 Å². The molecule has 0 spiro atoms. The van der Waals surface area contributed by atoms with E-state index in [1.54, 1.807) is 0 Å². The number of nitrogens with zero attached hydrogens (tertiary/aromatic N) is 2. The predicted octanol–water partition coefficient (Wildman–Crippen LogP) is 3.34. The van der Waals surface area contributed by atoms with Crippen LogP contribution < -0.4 is 10.3 Å². The Morgan fingerprint density at radius 1 is 0.897 bits per heavy atom. The van der Waals surface area contributed by atoms with Gasteiger partial charge in [0.2, 0.25) is 11.3 Å². The van der Waals surface area contributed by atoms with Gasteiger partial charge in [-0.25, -0.2) is 13.6 Å². The molecule has 0 amide bonds. The summed E-state index contributed by atoms with van der Waals surface area (Å²) >= 11 is -2.08. The molecule has 0 aliphatic carbocycles. The highest BCUT2D eigenvalue weighted by Crippen LogP contribution is 2.25. The maximum absolute atomic E-state index is 13.0. The van der Waals surface area contributed by atoms with E-state index in [4.69, 9.17) is 4.55 Å². The fourth-order valence-electron chi connectivity index (χ4n) is 3.29. The van der Waals surface area contributed by atoms with Gasteiger partial charge in [0, 0.05) is 17.5 Å². The smallest absolute Gasteiger partial charge is 0.274 e. The highest BCUT2D eigenvalue weighted by molar-refractivity contribution is 7.77. The Bertz CT molecular complexity index is 1240. The Morgan fingerprint density at radius 2 is 1.59 bits per heavy atom. The summed E-state index contributed by atoms with van der Waals surface area (Å²) in [6.07, 6.45) is 0. The lowest BCUT2D eigenvalue weighted by Crippen LogP contribution is -2.24. The zero-order valence-electron chi connectivity index (χ0n) is 15.5. The highest BCUT2D eigenvalue weighted by Gasteiger charge is 2.13. The third-order valence-corrected chi connectivity index (χ3v) is 5.03. The van der Waals surface area contributed by atoms with Gasteiger partial charge in [-0.05, 0) is 23.3 Å². The molecule has 6 nitrogen and oxygen atoms in total. The van der Waals surface area contributed by atoms with Crippen LogP contribution in [0.5, 0.6) is 0 Å². The van der Waals surface area contributed by atoms with E-state index in [1.165, 1.54) is 4.68 Å². The van der Waals surface area contributed by atoms with E-state index in [0.717, 1.165) is 22.1 Å². The first kappa shape index (κ1) is 19.2. The number of rotatable bonds is 6. The van der Waals surface area contributed by atoms with Crippen LogP contribution in [0.2, 0.25) is 0 Å². The van der Waals surface area contributed by atoms with Crippen molar-refractivity contribution >= 4 is 22.0 Å². The summed E-state index contributed by atoms with van der Waals surface area (Å²) in [7, 11) is 0. The molecule has 4 rings (SSSR count). The predicted molar refractivity (Wildman–Crippen MR) is 115 cm³/mol. The summed E-state index contributed by atoms with van der Waals surface area (Å²) in [6.45, 7) is 0.626. The van der Waals surface area contributed by atoms with Crippen molar-refractivity contribution in [3.8, 4) is 11.3 Å². The molecule has 0 aliphatic heterocycles. The monoisotopic (exact) mass is 405 g/mol. The molecule has 0 saturated carbocycles. The Labute approximate surface area is 170 Å². The van der Waals surface area contributed by atoms with Crippen molar-refractivity contribution in [2.75, 3.05) is 0 Å². The van der Waals surface area contributed by atoms with Crippen LogP contribution in [0, 0.1) is 0 Å². The molecular weight excluding hydrogens is 386 g/mol. The van der Waals surface area contributed by atoms with Crippen molar-refractivity contribution in [2.24, 2.45) is 0 Å². The van der Waals surface area contributed by atoms with Crippen LogP contribution in [0.3, 0.4) is 0 Å². The van der Waals surface area contributed by atoms with Gasteiger partial charge in [0.1, 0.15) is 0 Å². The van der Waals surface area contributed by atoms with Gasteiger partial charge in [-0.1, -0.05) is 66.7 Å². The van der Waals surface area contributed by atoms with Gasteiger partial charge in [-0.2, -0.15) is 5.10 Å². The van der Waals surface area contributed by atoms with Crippen molar-refractivity contribution in [3.63, 3.8) is 0 Å². The molecule has 0 bridgehead atoms. The molecule has 146 valence electrons. The molecule has 1 heterocycles. The molecule has 1 aromatic heterocycles. The van der Waals surface area contributed by atoms with Gasteiger partial charge in [-0.3, -0.25) is 9.35 Å². The molecule has 2 N–H and O–H groups in total. The summed E-state index contributed by atoms with van der Waals surface area (Å²) < 4.78 is 23.8. The highest BCUT2D eigenvalue weighted by atomic mass is 32.2. The van der Waals surface area contributed by atoms with Crippen molar-refractivity contribution in [1.82, 2.24) is 14.5 Å². The normalized spacial score (nSPS) is 12.2. The molecule has 0 fully saturated rings. The molecule has 3 aromatic carbocycles. The van der Waals surface area contributed by atoms with Gasteiger partial charge in [0.25, 0.3) is 5.56 Å². The Balaban J connectivity index is 1.84. The maximum atomic E-state index is 13.0. The molecule has 0 aliphatic rings. The third kappa shape index (κ3) is 4.32. The first-order valence-electron chi connectivity index (χ1n) is 9.09. The van der Waals surface area contributed by atoms with Crippen LogP contribution in [0.1, 0.15) is 11.1 Å². The molecule has 4 aromatic rings. The van der Waals surface area contributed by atoms with Crippen LogP contribution >= 0.6 is 0 Å². The molecular formula is C22H19N3O3S.